The summed E-state index contributed by atoms with van der Waals surface area (Å²) in [6, 6.07) is 5.62. The quantitative estimate of drug-likeness (QED) is 0.758. The standard InChI is InChI=1S/C15H22ClNO3/c1-15(2,10-16)14(18)17(3)9-11-6-7-12(19-4)13(8-11)20-5/h6-8H,9-10H2,1-5H3. The van der Waals surface area contributed by atoms with E-state index in [0.717, 1.165) is 5.56 Å². The van der Waals surface area contributed by atoms with Crippen LogP contribution in [0.2, 0.25) is 0 Å². The summed E-state index contributed by atoms with van der Waals surface area (Å²) in [6.07, 6.45) is 0. The van der Waals surface area contributed by atoms with Crippen LogP contribution in [0.25, 0.3) is 0 Å². The minimum absolute atomic E-state index is 0.0160. The van der Waals surface area contributed by atoms with Gasteiger partial charge in [-0.1, -0.05) is 6.07 Å². The fraction of sp³-hybridized carbons (Fsp3) is 0.533. The van der Waals surface area contributed by atoms with Gasteiger partial charge < -0.3 is 14.4 Å². The molecule has 0 unspecified atom stereocenters. The Bertz CT molecular complexity index is 474. The number of halogens is 1. The van der Waals surface area contributed by atoms with Crippen LogP contribution in [-0.2, 0) is 11.3 Å². The first-order chi connectivity index (χ1) is 9.35. The first-order valence-electron chi connectivity index (χ1n) is 6.38. The second kappa shape index (κ2) is 6.84. The van der Waals surface area contributed by atoms with Crippen LogP contribution in [0, 0.1) is 5.41 Å². The van der Waals surface area contributed by atoms with Gasteiger partial charge in [0.1, 0.15) is 0 Å². The Morgan fingerprint density at radius 2 is 1.85 bits per heavy atom. The minimum atomic E-state index is -0.563. The molecule has 4 nitrogen and oxygen atoms in total. The van der Waals surface area contributed by atoms with Crippen molar-refractivity contribution >= 4 is 17.5 Å². The van der Waals surface area contributed by atoms with Gasteiger partial charge in [0.05, 0.1) is 19.6 Å². The number of amides is 1. The van der Waals surface area contributed by atoms with Crippen LogP contribution in [0.1, 0.15) is 19.4 Å². The number of carbonyl (C=O) groups excluding carboxylic acids is 1. The first-order valence-corrected chi connectivity index (χ1v) is 6.91. The average Bonchev–Trinajstić information content (AvgIpc) is 2.46. The second-order valence-electron chi connectivity index (χ2n) is 5.37. The van der Waals surface area contributed by atoms with E-state index in [-0.39, 0.29) is 5.91 Å². The molecule has 0 aromatic heterocycles. The molecule has 1 amide bonds. The zero-order valence-corrected chi connectivity index (χ0v) is 13.5. The maximum Gasteiger partial charge on any atom is 0.229 e. The molecule has 0 saturated carbocycles. The van der Waals surface area contributed by atoms with Gasteiger partial charge in [-0.05, 0) is 31.5 Å². The molecule has 0 aliphatic heterocycles. The van der Waals surface area contributed by atoms with E-state index in [1.165, 1.54) is 0 Å². The lowest BCUT2D eigenvalue weighted by Gasteiger charge is -2.27. The fourth-order valence-electron chi connectivity index (χ4n) is 1.90. The van der Waals surface area contributed by atoms with Crippen molar-refractivity contribution in [3.8, 4) is 11.5 Å². The van der Waals surface area contributed by atoms with Crippen molar-refractivity contribution in [2.75, 3.05) is 27.1 Å². The summed E-state index contributed by atoms with van der Waals surface area (Å²) in [5, 5.41) is 0. The Hall–Kier alpha value is -1.42. The third-order valence-corrected chi connectivity index (χ3v) is 3.80. The Morgan fingerprint density at radius 3 is 2.35 bits per heavy atom. The predicted molar refractivity (Wildman–Crippen MR) is 80.5 cm³/mol. The van der Waals surface area contributed by atoms with Gasteiger partial charge in [0, 0.05) is 19.5 Å². The van der Waals surface area contributed by atoms with E-state index in [0.29, 0.717) is 23.9 Å². The summed E-state index contributed by atoms with van der Waals surface area (Å²) in [7, 11) is 4.95. The summed E-state index contributed by atoms with van der Waals surface area (Å²) in [4.78, 5) is 13.9. The van der Waals surface area contributed by atoms with Gasteiger partial charge in [-0.15, -0.1) is 11.6 Å². The van der Waals surface area contributed by atoms with Crippen LogP contribution in [-0.4, -0.2) is 38.0 Å². The van der Waals surface area contributed by atoms with Crippen LogP contribution in [0.3, 0.4) is 0 Å². The van der Waals surface area contributed by atoms with Crippen molar-refractivity contribution in [2.24, 2.45) is 5.41 Å². The largest absolute Gasteiger partial charge is 0.493 e. The van der Waals surface area contributed by atoms with Crippen molar-refractivity contribution in [2.45, 2.75) is 20.4 Å². The number of rotatable bonds is 6. The van der Waals surface area contributed by atoms with E-state index < -0.39 is 5.41 Å². The van der Waals surface area contributed by atoms with Gasteiger partial charge in [-0.25, -0.2) is 0 Å². The van der Waals surface area contributed by atoms with E-state index in [4.69, 9.17) is 21.1 Å². The molecule has 0 saturated heterocycles. The maximum atomic E-state index is 12.3. The molecular weight excluding hydrogens is 278 g/mol. The van der Waals surface area contributed by atoms with Crippen LogP contribution in [0.4, 0.5) is 0 Å². The van der Waals surface area contributed by atoms with Crippen LogP contribution in [0.15, 0.2) is 18.2 Å². The van der Waals surface area contributed by atoms with Gasteiger partial charge in [0.15, 0.2) is 11.5 Å². The highest BCUT2D eigenvalue weighted by molar-refractivity contribution is 6.19. The number of ether oxygens (including phenoxy) is 2. The van der Waals surface area contributed by atoms with Crippen LogP contribution >= 0.6 is 11.6 Å². The highest BCUT2D eigenvalue weighted by Crippen LogP contribution is 2.28. The molecule has 1 aromatic rings. The monoisotopic (exact) mass is 299 g/mol. The van der Waals surface area contributed by atoms with E-state index in [1.807, 2.05) is 32.0 Å². The van der Waals surface area contributed by atoms with Gasteiger partial charge in [0.25, 0.3) is 0 Å². The topological polar surface area (TPSA) is 38.8 Å². The highest BCUT2D eigenvalue weighted by Gasteiger charge is 2.29. The fourth-order valence-corrected chi connectivity index (χ4v) is 2.01. The summed E-state index contributed by atoms with van der Waals surface area (Å²) < 4.78 is 10.5. The normalized spacial score (nSPS) is 11.1. The molecule has 0 aliphatic rings. The summed E-state index contributed by atoms with van der Waals surface area (Å²) in [6.45, 7) is 4.18. The smallest absolute Gasteiger partial charge is 0.229 e. The van der Waals surface area contributed by atoms with Crippen LogP contribution < -0.4 is 9.47 Å². The molecule has 0 radical (unpaired) electrons. The molecule has 0 N–H and O–H groups in total. The first kappa shape index (κ1) is 16.6. The molecule has 0 heterocycles. The number of alkyl halides is 1. The third kappa shape index (κ3) is 3.79. The molecule has 0 bridgehead atoms. The van der Waals surface area contributed by atoms with Crippen molar-refractivity contribution in [3.63, 3.8) is 0 Å². The van der Waals surface area contributed by atoms with E-state index in [1.54, 1.807) is 26.2 Å². The molecule has 0 aliphatic carbocycles. The van der Waals surface area contributed by atoms with Gasteiger partial charge >= 0.3 is 0 Å². The SMILES string of the molecule is COc1ccc(CN(C)C(=O)C(C)(C)CCl)cc1OC. The lowest BCUT2D eigenvalue weighted by Crippen LogP contribution is -2.39. The summed E-state index contributed by atoms with van der Waals surface area (Å²) >= 11 is 5.84. The lowest BCUT2D eigenvalue weighted by atomic mass is 9.94. The molecule has 5 heteroatoms. The second-order valence-corrected chi connectivity index (χ2v) is 5.64. The molecule has 0 atom stereocenters. The molecular formula is C15H22ClNO3. The summed E-state index contributed by atoms with van der Waals surface area (Å²) in [5.41, 5.74) is 0.413. The third-order valence-electron chi connectivity index (χ3n) is 3.13. The zero-order chi connectivity index (χ0) is 15.3. The van der Waals surface area contributed by atoms with E-state index >= 15 is 0 Å². The number of methoxy groups -OCH3 is 2. The van der Waals surface area contributed by atoms with Crippen molar-refractivity contribution in [1.29, 1.82) is 0 Å². The van der Waals surface area contributed by atoms with Crippen molar-refractivity contribution < 1.29 is 14.3 Å². The Labute approximate surface area is 125 Å². The maximum absolute atomic E-state index is 12.3. The van der Waals surface area contributed by atoms with Gasteiger partial charge in [0.2, 0.25) is 5.91 Å². The number of nitrogens with zero attached hydrogens (tertiary/aromatic N) is 1. The molecule has 0 fully saturated rings. The van der Waals surface area contributed by atoms with Crippen molar-refractivity contribution in [3.05, 3.63) is 23.8 Å². The summed E-state index contributed by atoms with van der Waals surface area (Å²) in [5.74, 6) is 1.64. The van der Waals surface area contributed by atoms with Crippen molar-refractivity contribution in [1.82, 2.24) is 4.90 Å². The average molecular weight is 300 g/mol. The number of benzene rings is 1. The molecule has 1 rings (SSSR count). The van der Waals surface area contributed by atoms with E-state index in [9.17, 15) is 4.79 Å². The Kier molecular flexibility index (Phi) is 5.69. The van der Waals surface area contributed by atoms with Gasteiger partial charge in [-0.3, -0.25) is 4.79 Å². The number of hydrogen-bond acceptors (Lipinski definition) is 3. The Morgan fingerprint density at radius 1 is 1.25 bits per heavy atom. The van der Waals surface area contributed by atoms with E-state index in [2.05, 4.69) is 0 Å². The predicted octanol–water partition coefficient (Wildman–Crippen LogP) is 2.93. The van der Waals surface area contributed by atoms with Gasteiger partial charge in [-0.2, -0.15) is 0 Å². The molecule has 20 heavy (non-hydrogen) atoms. The van der Waals surface area contributed by atoms with Crippen LogP contribution in [0.5, 0.6) is 11.5 Å². The molecule has 1 aromatic carbocycles. The lowest BCUT2D eigenvalue weighted by molar-refractivity contribution is -0.138. The zero-order valence-electron chi connectivity index (χ0n) is 12.7. The minimum Gasteiger partial charge on any atom is -0.493 e. The number of carbonyl (C=O) groups is 1. The highest BCUT2D eigenvalue weighted by atomic mass is 35.5. The number of hydrogen-bond donors (Lipinski definition) is 0. The molecule has 0 spiro atoms. The molecule has 112 valence electrons. The Balaban J connectivity index is 2.86.